The van der Waals surface area contributed by atoms with E-state index < -0.39 is 0 Å². The predicted molar refractivity (Wildman–Crippen MR) is 68.6 cm³/mol. The van der Waals surface area contributed by atoms with E-state index in [-0.39, 0.29) is 0 Å². The highest BCUT2D eigenvalue weighted by atomic mass is 35.5. The summed E-state index contributed by atoms with van der Waals surface area (Å²) in [5, 5.41) is 4.13. The summed E-state index contributed by atoms with van der Waals surface area (Å²) in [7, 11) is 0. The van der Waals surface area contributed by atoms with Crippen LogP contribution in [-0.2, 0) is 0 Å². The number of fused-ring (bicyclic) bond motifs is 1. The van der Waals surface area contributed by atoms with Crippen molar-refractivity contribution in [1.29, 1.82) is 0 Å². The second kappa shape index (κ2) is 4.10. The first-order valence-corrected chi connectivity index (χ1v) is 6.49. The number of halogens is 1. The fourth-order valence-corrected chi connectivity index (χ4v) is 2.93. The maximum Gasteiger partial charge on any atom is 0.225 e. The van der Waals surface area contributed by atoms with Gasteiger partial charge in [-0.15, -0.1) is 0 Å². The fraction of sp³-hybridized carbons (Fsp3) is 0.667. The highest BCUT2D eigenvalue weighted by Crippen LogP contribution is 2.30. The summed E-state index contributed by atoms with van der Waals surface area (Å²) in [6, 6.07) is 0. The molecule has 2 unspecified atom stereocenters. The Morgan fingerprint density at radius 1 is 1.12 bits per heavy atom. The van der Waals surface area contributed by atoms with Gasteiger partial charge >= 0.3 is 0 Å². The van der Waals surface area contributed by atoms with Crippen LogP contribution in [0.2, 0.25) is 5.02 Å². The van der Waals surface area contributed by atoms with Gasteiger partial charge in [-0.2, -0.15) is 0 Å². The molecule has 2 atom stereocenters. The number of nitrogens with one attached hydrogen (secondary N) is 1. The lowest BCUT2D eigenvalue weighted by Crippen LogP contribution is -2.27. The minimum Gasteiger partial charge on any atom is -0.340 e. The zero-order valence-corrected chi connectivity index (χ0v) is 11.0. The van der Waals surface area contributed by atoms with Crippen LogP contribution in [0.25, 0.3) is 0 Å². The van der Waals surface area contributed by atoms with Crippen molar-refractivity contribution in [2.45, 2.75) is 13.8 Å². The van der Waals surface area contributed by atoms with Crippen molar-refractivity contribution >= 4 is 17.5 Å². The van der Waals surface area contributed by atoms with E-state index in [0.717, 1.165) is 55.4 Å². The van der Waals surface area contributed by atoms with E-state index in [0.29, 0.717) is 5.02 Å². The molecule has 1 aromatic heterocycles. The molecular weight excluding hydrogens is 236 g/mol. The first-order chi connectivity index (χ1) is 8.15. The lowest BCUT2D eigenvalue weighted by molar-refractivity contribution is 0.533. The molecule has 4 nitrogen and oxygen atoms in total. The average Bonchev–Trinajstić information content (AvgIpc) is 2.84. The smallest absolute Gasteiger partial charge is 0.225 e. The molecule has 92 valence electrons. The van der Waals surface area contributed by atoms with Crippen molar-refractivity contribution in [3.63, 3.8) is 0 Å². The molecule has 1 N–H and O–H groups in total. The highest BCUT2D eigenvalue weighted by Gasteiger charge is 2.37. The van der Waals surface area contributed by atoms with E-state index in [1.807, 2.05) is 13.8 Å². The third-order valence-electron chi connectivity index (χ3n) is 3.84. The monoisotopic (exact) mass is 252 g/mol. The molecule has 2 fully saturated rings. The Hall–Kier alpha value is -0.870. The van der Waals surface area contributed by atoms with E-state index in [1.54, 1.807) is 0 Å². The van der Waals surface area contributed by atoms with Crippen molar-refractivity contribution in [2.24, 2.45) is 11.8 Å². The van der Waals surface area contributed by atoms with Crippen LogP contribution in [0.4, 0.5) is 5.95 Å². The maximum absolute atomic E-state index is 6.10. The summed E-state index contributed by atoms with van der Waals surface area (Å²) in [6.07, 6.45) is 0. The second-order valence-electron chi connectivity index (χ2n) is 5.09. The van der Waals surface area contributed by atoms with E-state index in [2.05, 4.69) is 20.2 Å². The highest BCUT2D eigenvalue weighted by molar-refractivity contribution is 6.31. The van der Waals surface area contributed by atoms with Crippen LogP contribution < -0.4 is 10.2 Å². The molecule has 5 heteroatoms. The quantitative estimate of drug-likeness (QED) is 0.821. The van der Waals surface area contributed by atoms with Crippen LogP contribution in [0.1, 0.15) is 11.4 Å². The third kappa shape index (κ3) is 1.89. The van der Waals surface area contributed by atoms with Gasteiger partial charge in [0.15, 0.2) is 0 Å². The van der Waals surface area contributed by atoms with E-state index in [4.69, 9.17) is 11.6 Å². The van der Waals surface area contributed by atoms with E-state index in [9.17, 15) is 0 Å². The molecule has 2 saturated heterocycles. The van der Waals surface area contributed by atoms with Gasteiger partial charge < -0.3 is 10.2 Å². The van der Waals surface area contributed by atoms with Gasteiger partial charge in [-0.05, 0) is 25.7 Å². The normalized spacial score (nSPS) is 27.6. The summed E-state index contributed by atoms with van der Waals surface area (Å²) in [6.45, 7) is 8.29. The molecule has 0 bridgehead atoms. The Balaban J connectivity index is 1.86. The molecule has 3 heterocycles. The Labute approximate surface area is 106 Å². The lowest BCUT2D eigenvalue weighted by Gasteiger charge is -2.18. The Kier molecular flexibility index (Phi) is 2.71. The molecule has 0 aliphatic carbocycles. The van der Waals surface area contributed by atoms with Gasteiger partial charge in [0.05, 0.1) is 16.4 Å². The fourth-order valence-electron chi connectivity index (χ4n) is 2.85. The van der Waals surface area contributed by atoms with Crippen LogP contribution in [0.3, 0.4) is 0 Å². The molecule has 2 aliphatic heterocycles. The molecule has 0 radical (unpaired) electrons. The van der Waals surface area contributed by atoms with Crippen LogP contribution in [0, 0.1) is 25.7 Å². The standard InChI is InChI=1S/C12H17ClN4/c1-7-11(13)8(2)16-12(15-7)17-5-9-3-14-4-10(9)6-17/h9-10,14H,3-6H2,1-2H3. The van der Waals surface area contributed by atoms with Gasteiger partial charge in [-0.3, -0.25) is 0 Å². The number of hydrogen-bond donors (Lipinski definition) is 1. The van der Waals surface area contributed by atoms with E-state index >= 15 is 0 Å². The zero-order chi connectivity index (χ0) is 12.0. The molecule has 0 amide bonds. The van der Waals surface area contributed by atoms with Crippen LogP contribution >= 0.6 is 11.6 Å². The minimum atomic E-state index is 0.690. The molecule has 0 saturated carbocycles. The molecule has 0 spiro atoms. The van der Waals surface area contributed by atoms with Gasteiger partial charge in [0.2, 0.25) is 5.95 Å². The van der Waals surface area contributed by atoms with Gasteiger partial charge in [0.25, 0.3) is 0 Å². The van der Waals surface area contributed by atoms with Gasteiger partial charge in [-0.1, -0.05) is 11.6 Å². The van der Waals surface area contributed by atoms with Crippen molar-refractivity contribution in [3.8, 4) is 0 Å². The number of rotatable bonds is 1. The number of anilines is 1. The molecule has 2 aliphatic rings. The molecule has 1 aromatic rings. The first kappa shape index (κ1) is 11.2. The largest absolute Gasteiger partial charge is 0.340 e. The average molecular weight is 253 g/mol. The van der Waals surface area contributed by atoms with Gasteiger partial charge in [0, 0.05) is 26.2 Å². The van der Waals surface area contributed by atoms with Crippen LogP contribution in [0.15, 0.2) is 0 Å². The first-order valence-electron chi connectivity index (χ1n) is 6.11. The molecule has 3 rings (SSSR count). The SMILES string of the molecule is Cc1nc(N2CC3CNCC3C2)nc(C)c1Cl. The van der Waals surface area contributed by atoms with Crippen molar-refractivity contribution in [1.82, 2.24) is 15.3 Å². The summed E-state index contributed by atoms with van der Waals surface area (Å²) in [5.74, 6) is 2.36. The number of aromatic nitrogens is 2. The van der Waals surface area contributed by atoms with E-state index in [1.165, 1.54) is 0 Å². The summed E-state index contributed by atoms with van der Waals surface area (Å²) in [5.41, 5.74) is 1.76. The second-order valence-corrected chi connectivity index (χ2v) is 5.47. The Morgan fingerprint density at radius 2 is 1.65 bits per heavy atom. The van der Waals surface area contributed by atoms with Crippen LogP contribution in [0.5, 0.6) is 0 Å². The number of aryl methyl sites for hydroxylation is 2. The predicted octanol–water partition coefficient (Wildman–Crippen LogP) is 1.40. The molecule has 17 heavy (non-hydrogen) atoms. The van der Waals surface area contributed by atoms with Crippen LogP contribution in [-0.4, -0.2) is 36.1 Å². The summed E-state index contributed by atoms with van der Waals surface area (Å²) >= 11 is 6.10. The van der Waals surface area contributed by atoms with Gasteiger partial charge in [-0.25, -0.2) is 9.97 Å². The van der Waals surface area contributed by atoms with Crippen molar-refractivity contribution in [3.05, 3.63) is 16.4 Å². The van der Waals surface area contributed by atoms with Gasteiger partial charge in [0.1, 0.15) is 0 Å². The zero-order valence-electron chi connectivity index (χ0n) is 10.2. The summed E-state index contributed by atoms with van der Waals surface area (Å²) < 4.78 is 0. The number of hydrogen-bond acceptors (Lipinski definition) is 4. The summed E-state index contributed by atoms with van der Waals surface area (Å²) in [4.78, 5) is 11.3. The maximum atomic E-state index is 6.10. The Morgan fingerprint density at radius 3 is 2.18 bits per heavy atom. The molecule has 0 aromatic carbocycles. The molecular formula is C12H17ClN4. The number of nitrogens with zero attached hydrogens (tertiary/aromatic N) is 3. The third-order valence-corrected chi connectivity index (χ3v) is 4.39. The van der Waals surface area contributed by atoms with Crippen molar-refractivity contribution < 1.29 is 0 Å². The van der Waals surface area contributed by atoms with Crippen molar-refractivity contribution in [2.75, 3.05) is 31.1 Å². The topological polar surface area (TPSA) is 41.1 Å². The lowest BCUT2D eigenvalue weighted by atomic mass is 10.0. The Bertz CT molecular complexity index is 413. The minimum absolute atomic E-state index is 0.690.